The van der Waals surface area contributed by atoms with E-state index in [0.717, 1.165) is 22.5 Å². The van der Waals surface area contributed by atoms with Gasteiger partial charge < -0.3 is 10.2 Å². The highest BCUT2D eigenvalue weighted by Crippen LogP contribution is 2.23. The number of nitrogens with zero attached hydrogens (tertiary/aromatic N) is 1. The molecule has 0 amide bonds. The number of benzene rings is 2. The van der Waals surface area contributed by atoms with E-state index in [1.54, 1.807) is 12.1 Å². The van der Waals surface area contributed by atoms with Crippen molar-refractivity contribution in [3.63, 3.8) is 0 Å². The van der Waals surface area contributed by atoms with Crippen LogP contribution >= 0.6 is 0 Å². The van der Waals surface area contributed by atoms with E-state index in [-0.39, 0.29) is 5.56 Å². The Hall–Kier alpha value is -2.10. The molecule has 4 heteroatoms. The monoisotopic (exact) mass is 290 g/mol. The number of alkyl halides is 2. The van der Waals surface area contributed by atoms with Crippen molar-refractivity contribution in [2.24, 2.45) is 0 Å². The van der Waals surface area contributed by atoms with Crippen molar-refractivity contribution < 1.29 is 8.78 Å². The average Bonchev–Trinajstić information content (AvgIpc) is 2.46. The molecule has 2 aromatic rings. The largest absolute Gasteiger partial charge is 0.381 e. The minimum Gasteiger partial charge on any atom is -0.381 e. The first kappa shape index (κ1) is 15.3. The zero-order chi connectivity index (χ0) is 15.4. The van der Waals surface area contributed by atoms with Crippen molar-refractivity contribution in [1.82, 2.24) is 0 Å². The molecule has 0 spiro atoms. The van der Waals surface area contributed by atoms with Gasteiger partial charge in [0.1, 0.15) is 0 Å². The molecule has 0 aliphatic rings. The molecule has 2 aromatic carbocycles. The number of rotatable bonds is 5. The van der Waals surface area contributed by atoms with Crippen molar-refractivity contribution in [3.8, 4) is 0 Å². The second-order valence-corrected chi connectivity index (χ2v) is 5.29. The van der Waals surface area contributed by atoms with Gasteiger partial charge in [-0.3, -0.25) is 0 Å². The lowest BCUT2D eigenvalue weighted by molar-refractivity contribution is 0.151. The first-order valence-corrected chi connectivity index (χ1v) is 6.86. The van der Waals surface area contributed by atoms with Crippen LogP contribution in [-0.2, 0) is 6.54 Å². The third-order valence-corrected chi connectivity index (χ3v) is 3.41. The molecule has 0 unspecified atom stereocenters. The number of hydrogen-bond acceptors (Lipinski definition) is 2. The predicted molar refractivity (Wildman–Crippen MR) is 84.2 cm³/mol. The Morgan fingerprint density at radius 2 is 1.86 bits per heavy atom. The quantitative estimate of drug-likeness (QED) is 0.865. The zero-order valence-corrected chi connectivity index (χ0v) is 12.5. The van der Waals surface area contributed by atoms with Crippen LogP contribution in [0.4, 0.5) is 20.2 Å². The molecule has 21 heavy (non-hydrogen) atoms. The van der Waals surface area contributed by atoms with E-state index in [0.29, 0.717) is 6.54 Å². The second kappa shape index (κ2) is 6.57. The minimum atomic E-state index is -2.42. The predicted octanol–water partition coefficient (Wildman–Crippen LogP) is 4.61. The van der Waals surface area contributed by atoms with Crippen LogP contribution in [0, 0.1) is 6.92 Å². The molecule has 0 saturated heterocycles. The molecule has 0 bridgehead atoms. The van der Waals surface area contributed by atoms with Gasteiger partial charge >= 0.3 is 0 Å². The molecule has 2 rings (SSSR count). The van der Waals surface area contributed by atoms with Crippen molar-refractivity contribution in [2.45, 2.75) is 19.9 Å². The molecule has 0 aromatic heterocycles. The summed E-state index contributed by atoms with van der Waals surface area (Å²) in [5.41, 5.74) is 4.20. The maximum Gasteiger partial charge on any atom is 0.263 e. The van der Waals surface area contributed by atoms with Gasteiger partial charge in [0.25, 0.3) is 6.43 Å². The third-order valence-electron chi connectivity index (χ3n) is 3.41. The highest BCUT2D eigenvalue weighted by atomic mass is 19.3. The molecule has 0 aliphatic carbocycles. The number of halogens is 2. The SMILES string of the molecule is Cc1cc(N(C)C)ccc1NCc1cccc(C(F)F)c1. The Bertz CT molecular complexity index is 609. The fraction of sp³-hybridized carbons (Fsp3) is 0.294. The van der Waals surface area contributed by atoms with Gasteiger partial charge in [-0.15, -0.1) is 0 Å². The van der Waals surface area contributed by atoms with E-state index in [2.05, 4.69) is 11.4 Å². The topological polar surface area (TPSA) is 15.3 Å². The van der Waals surface area contributed by atoms with Gasteiger partial charge in [-0.1, -0.05) is 18.2 Å². The maximum atomic E-state index is 12.7. The summed E-state index contributed by atoms with van der Waals surface area (Å²) in [6.45, 7) is 2.56. The molecule has 0 aliphatic heterocycles. The Balaban J connectivity index is 2.08. The summed E-state index contributed by atoms with van der Waals surface area (Å²) in [7, 11) is 4.00. The lowest BCUT2D eigenvalue weighted by atomic mass is 10.1. The summed E-state index contributed by atoms with van der Waals surface area (Å²) in [4.78, 5) is 2.04. The number of hydrogen-bond donors (Lipinski definition) is 1. The first-order chi connectivity index (χ1) is 9.97. The molecule has 0 radical (unpaired) electrons. The summed E-state index contributed by atoms with van der Waals surface area (Å²) in [5, 5.41) is 3.30. The van der Waals surface area contributed by atoms with Crippen LogP contribution in [0.5, 0.6) is 0 Å². The molecule has 1 N–H and O–H groups in total. The number of aryl methyl sites for hydroxylation is 1. The van der Waals surface area contributed by atoms with Crippen molar-refractivity contribution in [1.29, 1.82) is 0 Å². The van der Waals surface area contributed by atoms with Crippen LogP contribution in [0.3, 0.4) is 0 Å². The van der Waals surface area contributed by atoms with E-state index in [4.69, 9.17) is 0 Å². The van der Waals surface area contributed by atoms with E-state index in [1.807, 2.05) is 44.1 Å². The van der Waals surface area contributed by atoms with Gasteiger partial charge in [-0.05, 0) is 42.3 Å². The zero-order valence-electron chi connectivity index (χ0n) is 12.5. The highest BCUT2D eigenvalue weighted by Gasteiger charge is 2.07. The highest BCUT2D eigenvalue weighted by molar-refractivity contribution is 5.59. The van der Waals surface area contributed by atoms with Crippen LogP contribution in [0.1, 0.15) is 23.1 Å². The van der Waals surface area contributed by atoms with Gasteiger partial charge in [-0.25, -0.2) is 8.78 Å². The molecule has 0 atom stereocenters. The lowest BCUT2D eigenvalue weighted by Crippen LogP contribution is -2.09. The fourth-order valence-corrected chi connectivity index (χ4v) is 2.16. The standard InChI is InChI=1S/C17H20F2N2/c1-12-9-15(21(2)3)7-8-16(12)20-11-13-5-4-6-14(10-13)17(18)19/h4-10,17,20H,11H2,1-3H3. The normalized spacial score (nSPS) is 10.8. The van der Waals surface area contributed by atoms with Crippen molar-refractivity contribution >= 4 is 11.4 Å². The van der Waals surface area contributed by atoms with Crippen LogP contribution in [-0.4, -0.2) is 14.1 Å². The Labute approximate surface area is 124 Å². The van der Waals surface area contributed by atoms with Gasteiger partial charge in [0.2, 0.25) is 0 Å². The summed E-state index contributed by atoms with van der Waals surface area (Å²) >= 11 is 0. The second-order valence-electron chi connectivity index (χ2n) is 5.29. The van der Waals surface area contributed by atoms with Crippen LogP contribution in [0.2, 0.25) is 0 Å². The summed E-state index contributed by atoms with van der Waals surface area (Å²) < 4.78 is 25.3. The Morgan fingerprint density at radius 1 is 1.10 bits per heavy atom. The van der Waals surface area contributed by atoms with Crippen molar-refractivity contribution in [2.75, 3.05) is 24.3 Å². The minimum absolute atomic E-state index is 0.0639. The summed E-state index contributed by atoms with van der Waals surface area (Å²) in [5.74, 6) is 0. The van der Waals surface area contributed by atoms with Crippen LogP contribution < -0.4 is 10.2 Å². The Morgan fingerprint density at radius 3 is 2.48 bits per heavy atom. The summed E-state index contributed by atoms with van der Waals surface area (Å²) in [6, 6.07) is 12.7. The van der Waals surface area contributed by atoms with Crippen LogP contribution in [0.25, 0.3) is 0 Å². The van der Waals surface area contributed by atoms with Gasteiger partial charge in [-0.2, -0.15) is 0 Å². The third kappa shape index (κ3) is 3.94. The molecule has 0 fully saturated rings. The van der Waals surface area contributed by atoms with E-state index < -0.39 is 6.43 Å². The first-order valence-electron chi connectivity index (χ1n) is 6.86. The van der Waals surface area contributed by atoms with Gasteiger partial charge in [0.05, 0.1) is 0 Å². The maximum absolute atomic E-state index is 12.7. The molecular formula is C17H20F2N2. The van der Waals surface area contributed by atoms with E-state index >= 15 is 0 Å². The summed E-state index contributed by atoms with van der Waals surface area (Å²) in [6.07, 6.45) is -2.42. The van der Waals surface area contributed by atoms with Gasteiger partial charge in [0.15, 0.2) is 0 Å². The lowest BCUT2D eigenvalue weighted by Gasteiger charge is -2.16. The average molecular weight is 290 g/mol. The molecule has 0 saturated carbocycles. The fourth-order valence-electron chi connectivity index (χ4n) is 2.16. The number of nitrogens with one attached hydrogen (secondary N) is 1. The number of anilines is 2. The molecule has 0 heterocycles. The Kier molecular flexibility index (Phi) is 4.78. The van der Waals surface area contributed by atoms with Crippen molar-refractivity contribution in [3.05, 3.63) is 59.2 Å². The van der Waals surface area contributed by atoms with Gasteiger partial charge in [0, 0.05) is 37.6 Å². The van der Waals surface area contributed by atoms with E-state index in [1.165, 1.54) is 6.07 Å². The smallest absolute Gasteiger partial charge is 0.263 e. The van der Waals surface area contributed by atoms with Crippen LogP contribution in [0.15, 0.2) is 42.5 Å². The van der Waals surface area contributed by atoms with E-state index in [9.17, 15) is 8.78 Å². The molecular weight excluding hydrogens is 270 g/mol. The molecule has 112 valence electrons. The molecule has 2 nitrogen and oxygen atoms in total.